The number of nitrogens with zero attached hydrogens (tertiary/aromatic N) is 1. The van der Waals surface area contributed by atoms with Gasteiger partial charge in [0.1, 0.15) is 0 Å². The molecule has 1 aromatic carbocycles. The lowest BCUT2D eigenvalue weighted by Crippen LogP contribution is -2.29. The van der Waals surface area contributed by atoms with Gasteiger partial charge in [-0.15, -0.1) is 0 Å². The Labute approximate surface area is 106 Å². The van der Waals surface area contributed by atoms with E-state index in [0.717, 1.165) is 0 Å². The molecule has 0 saturated carbocycles. The summed E-state index contributed by atoms with van der Waals surface area (Å²) in [5, 5.41) is 8.85. The summed E-state index contributed by atoms with van der Waals surface area (Å²) in [4.78, 5) is 0.185. The molecule has 0 amide bonds. The fraction of sp³-hybridized carbons (Fsp3) is 0.364. The maximum absolute atomic E-state index is 11.8. The molecule has 0 saturated heterocycles. The quantitative estimate of drug-likeness (QED) is 0.882. The van der Waals surface area contributed by atoms with Crippen molar-refractivity contribution in [3.05, 3.63) is 29.8 Å². The van der Waals surface area contributed by atoms with Crippen LogP contribution in [0.1, 0.15) is 12.5 Å². The Morgan fingerprint density at radius 3 is 2.47 bits per heavy atom. The number of rotatable bonds is 5. The minimum atomic E-state index is -3.46. The molecular weight excluding hydrogens is 256 g/mol. The van der Waals surface area contributed by atoms with E-state index < -0.39 is 10.0 Å². The lowest BCUT2D eigenvalue weighted by molar-refractivity contribution is 0.581. The van der Waals surface area contributed by atoms with Crippen LogP contribution in [-0.2, 0) is 10.0 Å². The molecule has 1 rings (SSSR count). The highest BCUT2D eigenvalue weighted by atomic mass is 32.2. The van der Waals surface area contributed by atoms with E-state index >= 15 is 0 Å². The van der Waals surface area contributed by atoms with Gasteiger partial charge in [0, 0.05) is 11.8 Å². The Bertz CT molecular complexity index is 503. The molecule has 1 unspecified atom stereocenters. The highest BCUT2D eigenvalue weighted by Gasteiger charge is 2.14. The Kier molecular flexibility index (Phi) is 5.00. The Hall–Kier alpha value is -1.03. The third-order valence-electron chi connectivity index (χ3n) is 2.26. The normalized spacial score (nSPS) is 13.0. The van der Waals surface area contributed by atoms with Crippen molar-refractivity contribution in [2.45, 2.75) is 17.1 Å². The van der Waals surface area contributed by atoms with Crippen molar-refractivity contribution in [2.75, 3.05) is 12.8 Å². The third kappa shape index (κ3) is 4.04. The highest BCUT2D eigenvalue weighted by Crippen LogP contribution is 2.11. The first-order valence-electron chi connectivity index (χ1n) is 5.02. The second-order valence-electron chi connectivity index (χ2n) is 3.53. The molecule has 0 bridgehead atoms. The van der Waals surface area contributed by atoms with Gasteiger partial charge in [-0.25, -0.2) is 13.1 Å². The molecular formula is C11H14N2O2S2. The molecule has 17 heavy (non-hydrogen) atoms. The van der Waals surface area contributed by atoms with Gasteiger partial charge in [0.05, 0.1) is 16.5 Å². The fourth-order valence-electron chi connectivity index (χ4n) is 1.10. The van der Waals surface area contributed by atoms with Crippen LogP contribution in [0.3, 0.4) is 0 Å². The summed E-state index contributed by atoms with van der Waals surface area (Å²) in [5.74, 6) is 0. The van der Waals surface area contributed by atoms with E-state index in [1.165, 1.54) is 24.3 Å². The molecule has 0 spiro atoms. The van der Waals surface area contributed by atoms with Gasteiger partial charge in [0.15, 0.2) is 0 Å². The van der Waals surface area contributed by atoms with E-state index in [0.29, 0.717) is 12.1 Å². The van der Waals surface area contributed by atoms with Crippen molar-refractivity contribution in [3.63, 3.8) is 0 Å². The van der Waals surface area contributed by atoms with Crippen molar-refractivity contribution in [1.82, 2.24) is 4.72 Å². The molecule has 0 heterocycles. The topological polar surface area (TPSA) is 70.0 Å². The van der Waals surface area contributed by atoms with Crippen LogP contribution in [-0.4, -0.2) is 26.5 Å². The van der Waals surface area contributed by atoms with Gasteiger partial charge in [-0.05, 0) is 30.5 Å². The van der Waals surface area contributed by atoms with Gasteiger partial charge in [-0.3, -0.25) is 0 Å². The lowest BCUT2D eigenvalue weighted by Gasteiger charge is -2.10. The van der Waals surface area contributed by atoms with Crippen LogP contribution in [0.4, 0.5) is 0 Å². The van der Waals surface area contributed by atoms with Crippen molar-refractivity contribution >= 4 is 21.8 Å². The third-order valence-corrected chi connectivity index (χ3v) is 4.67. The Morgan fingerprint density at radius 1 is 1.41 bits per heavy atom. The predicted molar refractivity (Wildman–Crippen MR) is 69.3 cm³/mol. The van der Waals surface area contributed by atoms with Crippen LogP contribution < -0.4 is 4.72 Å². The SMILES string of the molecule is CSC(C)CNS(=O)(=O)c1ccc(C#N)cc1. The maximum Gasteiger partial charge on any atom is 0.240 e. The van der Waals surface area contributed by atoms with E-state index in [2.05, 4.69) is 4.72 Å². The van der Waals surface area contributed by atoms with Crippen molar-refractivity contribution in [3.8, 4) is 6.07 Å². The molecule has 0 aliphatic rings. The molecule has 4 nitrogen and oxygen atoms in total. The highest BCUT2D eigenvalue weighted by molar-refractivity contribution is 7.99. The first kappa shape index (κ1) is 14.0. The van der Waals surface area contributed by atoms with Gasteiger partial charge in [0.2, 0.25) is 10.0 Å². The van der Waals surface area contributed by atoms with Gasteiger partial charge in [-0.1, -0.05) is 6.92 Å². The zero-order valence-electron chi connectivity index (χ0n) is 9.67. The average Bonchev–Trinajstić information content (AvgIpc) is 2.36. The van der Waals surface area contributed by atoms with E-state index in [9.17, 15) is 8.42 Å². The standard InChI is InChI=1S/C11H14N2O2S2/c1-9(16-2)8-13-17(14,15)11-5-3-10(7-12)4-6-11/h3-6,9,13H,8H2,1-2H3. The summed E-state index contributed by atoms with van der Waals surface area (Å²) in [6, 6.07) is 7.80. The van der Waals surface area contributed by atoms with Gasteiger partial charge in [0.25, 0.3) is 0 Å². The summed E-state index contributed by atoms with van der Waals surface area (Å²) in [5.41, 5.74) is 0.446. The average molecular weight is 270 g/mol. The van der Waals surface area contributed by atoms with Crippen LogP contribution in [0, 0.1) is 11.3 Å². The number of benzene rings is 1. The zero-order chi connectivity index (χ0) is 12.9. The van der Waals surface area contributed by atoms with E-state index in [-0.39, 0.29) is 10.1 Å². The van der Waals surface area contributed by atoms with Gasteiger partial charge >= 0.3 is 0 Å². The molecule has 92 valence electrons. The van der Waals surface area contributed by atoms with Crippen LogP contribution in [0.15, 0.2) is 29.2 Å². The summed E-state index contributed by atoms with van der Waals surface area (Å²) in [6.07, 6.45) is 1.93. The molecule has 1 atom stereocenters. The molecule has 6 heteroatoms. The van der Waals surface area contributed by atoms with Crippen LogP contribution in [0.2, 0.25) is 0 Å². The number of sulfonamides is 1. The van der Waals surface area contributed by atoms with E-state index in [1.807, 2.05) is 19.2 Å². The van der Waals surface area contributed by atoms with Crippen LogP contribution in [0.25, 0.3) is 0 Å². The number of hydrogen-bond donors (Lipinski definition) is 1. The van der Waals surface area contributed by atoms with Gasteiger partial charge < -0.3 is 0 Å². The van der Waals surface area contributed by atoms with E-state index in [4.69, 9.17) is 5.26 Å². The van der Waals surface area contributed by atoms with Crippen LogP contribution in [0.5, 0.6) is 0 Å². The summed E-state index contributed by atoms with van der Waals surface area (Å²) in [7, 11) is -3.46. The largest absolute Gasteiger partial charge is 0.240 e. The maximum atomic E-state index is 11.8. The second-order valence-corrected chi connectivity index (χ2v) is 6.58. The minimum absolute atomic E-state index is 0.185. The molecule has 0 aromatic heterocycles. The van der Waals surface area contributed by atoms with Gasteiger partial charge in [-0.2, -0.15) is 17.0 Å². The summed E-state index contributed by atoms with van der Waals surface area (Å²) >= 11 is 1.60. The summed E-state index contributed by atoms with van der Waals surface area (Å²) < 4.78 is 26.2. The minimum Gasteiger partial charge on any atom is -0.210 e. The number of hydrogen-bond acceptors (Lipinski definition) is 4. The molecule has 0 radical (unpaired) electrons. The Balaban J connectivity index is 2.79. The molecule has 1 aromatic rings. The lowest BCUT2D eigenvalue weighted by atomic mass is 10.2. The molecule has 0 fully saturated rings. The van der Waals surface area contributed by atoms with Crippen molar-refractivity contribution in [2.24, 2.45) is 0 Å². The first-order valence-corrected chi connectivity index (χ1v) is 7.79. The zero-order valence-corrected chi connectivity index (χ0v) is 11.3. The number of nitrogens with one attached hydrogen (secondary N) is 1. The molecule has 0 aliphatic carbocycles. The van der Waals surface area contributed by atoms with E-state index in [1.54, 1.807) is 11.8 Å². The predicted octanol–water partition coefficient (Wildman–Crippen LogP) is 1.59. The molecule has 0 aliphatic heterocycles. The van der Waals surface area contributed by atoms with Crippen molar-refractivity contribution in [1.29, 1.82) is 5.26 Å². The fourth-order valence-corrected chi connectivity index (χ4v) is 2.59. The van der Waals surface area contributed by atoms with Crippen molar-refractivity contribution < 1.29 is 8.42 Å². The number of thioether (sulfide) groups is 1. The monoisotopic (exact) mass is 270 g/mol. The second kappa shape index (κ2) is 6.05. The molecule has 1 N–H and O–H groups in total. The smallest absolute Gasteiger partial charge is 0.210 e. The summed E-state index contributed by atoms with van der Waals surface area (Å²) in [6.45, 7) is 2.34. The first-order chi connectivity index (χ1) is 7.99. The number of nitriles is 1. The van der Waals surface area contributed by atoms with Crippen LogP contribution >= 0.6 is 11.8 Å². The Morgan fingerprint density at radius 2 is 2.00 bits per heavy atom.